The maximum Gasteiger partial charge on any atom is 0.564 e. The number of carboxylic acid groups (broad SMARTS) is 1. The van der Waals surface area contributed by atoms with Crippen LogP contribution < -0.4 is 5.46 Å². The summed E-state index contributed by atoms with van der Waals surface area (Å²) in [4.78, 5) is 10.3. The summed E-state index contributed by atoms with van der Waals surface area (Å²) >= 11 is 0. The third-order valence-corrected chi connectivity index (χ3v) is 2.16. The predicted molar refractivity (Wildman–Crippen MR) is 61.7 cm³/mol. The van der Waals surface area contributed by atoms with Crippen molar-refractivity contribution in [2.45, 2.75) is 20.3 Å². The molecule has 0 unspecified atom stereocenters. The van der Waals surface area contributed by atoms with Crippen molar-refractivity contribution in [3.05, 3.63) is 29.8 Å². The van der Waals surface area contributed by atoms with E-state index in [4.69, 9.17) is 5.11 Å². The van der Waals surface area contributed by atoms with Crippen molar-refractivity contribution in [2.75, 3.05) is 0 Å². The van der Waals surface area contributed by atoms with E-state index in [2.05, 4.69) is 18.5 Å². The Bertz CT molecular complexity index is 365. The van der Waals surface area contributed by atoms with Crippen LogP contribution in [0.4, 0.5) is 4.79 Å². The lowest BCUT2D eigenvalue weighted by molar-refractivity contribution is 0.137. The summed E-state index contributed by atoms with van der Waals surface area (Å²) < 4.78 is 4.33. The van der Waals surface area contributed by atoms with Gasteiger partial charge < -0.3 is 14.8 Å². The molecule has 0 spiro atoms. The quantitative estimate of drug-likeness (QED) is 0.752. The summed E-state index contributed by atoms with van der Waals surface area (Å²) in [5.41, 5.74) is 1.42. The van der Waals surface area contributed by atoms with E-state index in [0.29, 0.717) is 11.4 Å². The van der Waals surface area contributed by atoms with Crippen LogP contribution in [-0.4, -0.2) is 23.4 Å². The van der Waals surface area contributed by atoms with Crippen molar-refractivity contribution in [2.24, 2.45) is 5.92 Å². The van der Waals surface area contributed by atoms with Gasteiger partial charge in [-0.25, -0.2) is 4.79 Å². The molecule has 0 fully saturated rings. The average molecular weight is 222 g/mol. The lowest BCUT2D eigenvalue weighted by Crippen LogP contribution is -2.38. The number of rotatable bonds is 4. The monoisotopic (exact) mass is 222 g/mol. The molecule has 0 bridgehead atoms. The largest absolute Gasteiger partial charge is 0.564 e. The molecule has 1 aromatic carbocycles. The Hall–Kier alpha value is -1.49. The molecule has 0 aromatic heterocycles. The van der Waals surface area contributed by atoms with E-state index in [1.165, 1.54) is 0 Å². The number of hydrogen-bond donors (Lipinski definition) is 2. The molecule has 5 heteroatoms. The summed E-state index contributed by atoms with van der Waals surface area (Å²) in [5, 5.41) is 18.0. The Morgan fingerprint density at radius 3 is 2.62 bits per heavy atom. The first-order chi connectivity index (χ1) is 7.50. The van der Waals surface area contributed by atoms with E-state index in [1.54, 1.807) is 12.1 Å². The molecule has 16 heavy (non-hydrogen) atoms. The minimum Gasteiger partial charge on any atom is -0.473 e. The molecule has 0 heterocycles. The third-order valence-electron chi connectivity index (χ3n) is 2.16. The Kier molecular flexibility index (Phi) is 4.37. The van der Waals surface area contributed by atoms with Crippen LogP contribution in [0.5, 0.6) is 0 Å². The van der Waals surface area contributed by atoms with Crippen molar-refractivity contribution in [3.63, 3.8) is 0 Å². The van der Waals surface area contributed by atoms with Crippen LogP contribution in [0.1, 0.15) is 19.4 Å². The summed E-state index contributed by atoms with van der Waals surface area (Å²) in [6.07, 6.45) is -0.706. The SMILES string of the molecule is CC(C)Cc1ccccc1B(O)OC(=O)O. The lowest BCUT2D eigenvalue weighted by atomic mass is 9.75. The summed E-state index contributed by atoms with van der Waals surface area (Å²) in [6, 6.07) is 7.14. The maximum absolute atomic E-state index is 10.3. The van der Waals surface area contributed by atoms with Crippen molar-refractivity contribution < 1.29 is 19.6 Å². The molecule has 0 aliphatic carbocycles. The molecule has 0 radical (unpaired) electrons. The predicted octanol–water partition coefficient (Wildman–Crippen LogP) is 1.27. The van der Waals surface area contributed by atoms with E-state index < -0.39 is 13.3 Å². The zero-order valence-electron chi connectivity index (χ0n) is 9.38. The normalized spacial score (nSPS) is 10.2. The zero-order chi connectivity index (χ0) is 12.1. The molecule has 1 aromatic rings. The molecule has 0 atom stereocenters. The standard InChI is InChI=1S/C11H15BO4/c1-8(2)7-9-5-3-4-6-10(9)12(15)16-11(13)14/h3-6,8,15H,7H2,1-2H3,(H,13,14). The zero-order valence-corrected chi connectivity index (χ0v) is 9.38. The number of carbonyl (C=O) groups is 1. The second-order valence-electron chi connectivity index (χ2n) is 4.03. The van der Waals surface area contributed by atoms with Crippen LogP contribution in [0, 0.1) is 5.92 Å². The van der Waals surface area contributed by atoms with Crippen LogP contribution in [0.2, 0.25) is 0 Å². The fourth-order valence-electron chi connectivity index (χ4n) is 1.56. The van der Waals surface area contributed by atoms with E-state index in [9.17, 15) is 9.82 Å². The van der Waals surface area contributed by atoms with Crippen molar-refractivity contribution in [3.8, 4) is 0 Å². The lowest BCUT2D eigenvalue weighted by Gasteiger charge is -2.12. The third kappa shape index (κ3) is 3.58. The van der Waals surface area contributed by atoms with Gasteiger partial charge in [-0.1, -0.05) is 38.1 Å². The van der Waals surface area contributed by atoms with Gasteiger partial charge in [-0.3, -0.25) is 0 Å². The van der Waals surface area contributed by atoms with Crippen LogP contribution in [0.25, 0.3) is 0 Å². The summed E-state index contributed by atoms with van der Waals surface area (Å²) in [6.45, 7) is 4.11. The Labute approximate surface area is 95.0 Å². The second kappa shape index (κ2) is 5.56. The topological polar surface area (TPSA) is 66.8 Å². The van der Waals surface area contributed by atoms with Gasteiger partial charge in [0.25, 0.3) is 0 Å². The van der Waals surface area contributed by atoms with Gasteiger partial charge in [0.1, 0.15) is 0 Å². The first kappa shape index (κ1) is 12.6. The van der Waals surface area contributed by atoms with Crippen molar-refractivity contribution >= 4 is 18.7 Å². The maximum atomic E-state index is 10.3. The van der Waals surface area contributed by atoms with Gasteiger partial charge >= 0.3 is 13.3 Å². The fraction of sp³-hybridized carbons (Fsp3) is 0.364. The van der Waals surface area contributed by atoms with Gasteiger partial charge in [0, 0.05) is 5.46 Å². The van der Waals surface area contributed by atoms with Gasteiger partial charge in [-0.05, 0) is 17.9 Å². The molecule has 0 amide bonds. The highest BCUT2D eigenvalue weighted by Crippen LogP contribution is 2.06. The molecule has 1 rings (SSSR count). The molecule has 0 aliphatic heterocycles. The minimum atomic E-state index is -1.48. The first-order valence-electron chi connectivity index (χ1n) is 5.16. The van der Waals surface area contributed by atoms with E-state index in [-0.39, 0.29) is 0 Å². The van der Waals surface area contributed by atoms with E-state index in [0.717, 1.165) is 12.0 Å². The fourth-order valence-corrected chi connectivity index (χ4v) is 1.56. The molecule has 4 nitrogen and oxygen atoms in total. The highest BCUT2D eigenvalue weighted by atomic mass is 16.7. The van der Waals surface area contributed by atoms with Crippen molar-refractivity contribution in [1.29, 1.82) is 0 Å². The molecule has 2 N–H and O–H groups in total. The van der Waals surface area contributed by atoms with Crippen LogP contribution in [0.3, 0.4) is 0 Å². The molecular weight excluding hydrogens is 207 g/mol. The van der Waals surface area contributed by atoms with Gasteiger partial charge in [0.2, 0.25) is 0 Å². The van der Waals surface area contributed by atoms with Crippen LogP contribution in [-0.2, 0) is 11.1 Å². The van der Waals surface area contributed by atoms with Crippen LogP contribution in [0.15, 0.2) is 24.3 Å². The summed E-state index contributed by atoms with van der Waals surface area (Å²) in [7, 11) is -1.41. The van der Waals surface area contributed by atoms with Gasteiger partial charge in [0.15, 0.2) is 0 Å². The number of benzene rings is 1. The van der Waals surface area contributed by atoms with E-state index >= 15 is 0 Å². The molecule has 86 valence electrons. The number of hydrogen-bond acceptors (Lipinski definition) is 3. The van der Waals surface area contributed by atoms with Gasteiger partial charge in [-0.15, -0.1) is 0 Å². The first-order valence-corrected chi connectivity index (χ1v) is 5.16. The Balaban J connectivity index is 2.89. The highest BCUT2D eigenvalue weighted by molar-refractivity contribution is 6.61. The molecule has 0 saturated heterocycles. The summed E-state index contributed by atoms with van der Waals surface area (Å²) in [5.74, 6) is 0.429. The second-order valence-corrected chi connectivity index (χ2v) is 4.03. The Morgan fingerprint density at radius 1 is 1.44 bits per heavy atom. The van der Waals surface area contributed by atoms with Crippen LogP contribution >= 0.6 is 0 Å². The van der Waals surface area contributed by atoms with Gasteiger partial charge in [-0.2, -0.15) is 0 Å². The van der Waals surface area contributed by atoms with E-state index in [1.807, 2.05) is 12.1 Å². The van der Waals surface area contributed by atoms with Gasteiger partial charge in [0.05, 0.1) is 0 Å². The average Bonchev–Trinajstić information content (AvgIpc) is 2.16. The molecule has 0 aliphatic rings. The highest BCUT2D eigenvalue weighted by Gasteiger charge is 2.24. The Morgan fingerprint density at radius 2 is 2.06 bits per heavy atom. The molecule has 0 saturated carbocycles. The van der Waals surface area contributed by atoms with Crippen molar-refractivity contribution in [1.82, 2.24) is 0 Å². The molecular formula is C11H15BO4. The smallest absolute Gasteiger partial charge is 0.473 e. The minimum absolute atomic E-state index is 0.429.